The van der Waals surface area contributed by atoms with E-state index in [4.69, 9.17) is 0 Å². The van der Waals surface area contributed by atoms with Gasteiger partial charge in [0.15, 0.2) is 5.82 Å². The smallest absolute Gasteiger partial charge is 0.227 e. The fourth-order valence-electron chi connectivity index (χ4n) is 3.96. The van der Waals surface area contributed by atoms with E-state index in [1.54, 1.807) is 0 Å². The highest BCUT2D eigenvalue weighted by molar-refractivity contribution is 5.79. The molecule has 1 atom stereocenters. The van der Waals surface area contributed by atoms with Gasteiger partial charge < -0.3 is 9.47 Å². The minimum absolute atomic E-state index is 0.0977. The number of rotatable bonds is 3. The number of likely N-dealkylation sites (tertiary alicyclic amines) is 1. The number of amides is 1. The number of nitrogens with zero attached hydrogens (tertiary/aromatic N) is 4. The number of aromatic nitrogens is 3. The highest BCUT2D eigenvalue weighted by Crippen LogP contribution is 2.32. The lowest BCUT2D eigenvalue weighted by molar-refractivity contribution is -0.131. The van der Waals surface area contributed by atoms with Crippen molar-refractivity contribution in [2.75, 3.05) is 6.54 Å². The third kappa shape index (κ3) is 2.95. The van der Waals surface area contributed by atoms with Crippen molar-refractivity contribution in [2.45, 2.75) is 57.5 Å². The molecule has 0 N–H and O–H groups in total. The molecule has 2 aromatic rings. The molecular formula is C19H24N4O. The zero-order valence-corrected chi connectivity index (χ0v) is 14.0. The molecule has 1 amide bonds. The van der Waals surface area contributed by atoms with E-state index in [9.17, 15) is 4.79 Å². The van der Waals surface area contributed by atoms with Crippen molar-refractivity contribution < 1.29 is 4.79 Å². The summed E-state index contributed by atoms with van der Waals surface area (Å²) in [6, 6.07) is 10.1. The van der Waals surface area contributed by atoms with Crippen molar-refractivity contribution in [3.05, 3.63) is 47.5 Å². The van der Waals surface area contributed by atoms with E-state index in [0.717, 1.165) is 49.6 Å². The number of fused-ring (bicyclic) bond motifs is 1. The van der Waals surface area contributed by atoms with Crippen molar-refractivity contribution in [2.24, 2.45) is 0 Å². The summed E-state index contributed by atoms with van der Waals surface area (Å²) in [6.45, 7) is 1.83. The van der Waals surface area contributed by atoms with Gasteiger partial charge in [0.1, 0.15) is 5.82 Å². The van der Waals surface area contributed by atoms with Gasteiger partial charge in [-0.2, -0.15) is 0 Å². The highest BCUT2D eigenvalue weighted by Gasteiger charge is 2.34. The van der Waals surface area contributed by atoms with Crippen LogP contribution >= 0.6 is 0 Å². The van der Waals surface area contributed by atoms with Crippen molar-refractivity contribution in [1.29, 1.82) is 0 Å². The van der Waals surface area contributed by atoms with Crippen molar-refractivity contribution in [3.8, 4) is 0 Å². The van der Waals surface area contributed by atoms with E-state index < -0.39 is 0 Å². The Balaban J connectivity index is 1.55. The van der Waals surface area contributed by atoms with E-state index in [-0.39, 0.29) is 11.9 Å². The number of aryl methyl sites for hydroxylation is 1. The van der Waals surface area contributed by atoms with Crippen LogP contribution in [0.5, 0.6) is 0 Å². The molecule has 1 saturated heterocycles. The van der Waals surface area contributed by atoms with Gasteiger partial charge in [0.25, 0.3) is 0 Å². The molecule has 1 aromatic carbocycles. The third-order valence-corrected chi connectivity index (χ3v) is 5.21. The molecule has 5 nitrogen and oxygen atoms in total. The summed E-state index contributed by atoms with van der Waals surface area (Å²) in [4.78, 5) is 14.8. The predicted octanol–water partition coefficient (Wildman–Crippen LogP) is 2.91. The first-order valence-corrected chi connectivity index (χ1v) is 9.08. The number of carbonyl (C=O) groups is 1. The van der Waals surface area contributed by atoms with Gasteiger partial charge in [-0.3, -0.25) is 4.79 Å². The van der Waals surface area contributed by atoms with Gasteiger partial charge in [0, 0.05) is 19.5 Å². The first kappa shape index (κ1) is 15.4. The Hall–Kier alpha value is -2.17. The Bertz CT molecular complexity index is 709. The lowest BCUT2D eigenvalue weighted by Gasteiger charge is -2.25. The molecule has 1 aromatic heterocycles. The topological polar surface area (TPSA) is 51.0 Å². The lowest BCUT2D eigenvalue weighted by atomic mass is 10.1. The summed E-state index contributed by atoms with van der Waals surface area (Å²) >= 11 is 0. The normalized spacial score (nSPS) is 20.7. The Morgan fingerprint density at radius 1 is 1.04 bits per heavy atom. The van der Waals surface area contributed by atoms with Gasteiger partial charge >= 0.3 is 0 Å². The van der Waals surface area contributed by atoms with Crippen LogP contribution in [0, 0.1) is 0 Å². The van der Waals surface area contributed by atoms with Gasteiger partial charge in [-0.1, -0.05) is 36.8 Å². The molecule has 5 heteroatoms. The number of hydrogen-bond acceptors (Lipinski definition) is 3. The fraction of sp³-hybridized carbons (Fsp3) is 0.526. The van der Waals surface area contributed by atoms with E-state index >= 15 is 0 Å². The number of carbonyl (C=O) groups excluding carboxylic acids is 1. The molecule has 0 spiro atoms. The molecular weight excluding hydrogens is 300 g/mol. The summed E-state index contributed by atoms with van der Waals surface area (Å²) in [5, 5.41) is 8.89. The molecule has 0 bridgehead atoms. The molecule has 2 aliphatic heterocycles. The maximum Gasteiger partial charge on any atom is 0.227 e. The van der Waals surface area contributed by atoms with E-state index in [0.29, 0.717) is 6.42 Å². The van der Waals surface area contributed by atoms with Crippen molar-refractivity contribution >= 4 is 5.91 Å². The summed E-state index contributed by atoms with van der Waals surface area (Å²) in [5.74, 6) is 2.31. The standard InChI is InChI=1S/C19H24N4O/c24-18(14-15-8-3-1-4-9-15)22-13-7-10-16(22)19-21-20-17-11-5-2-6-12-23(17)19/h1,3-4,8-9,16H,2,5-7,10-14H2. The minimum atomic E-state index is 0.0977. The first-order chi connectivity index (χ1) is 11.8. The molecule has 0 aliphatic carbocycles. The van der Waals surface area contributed by atoms with Crippen LogP contribution in [-0.4, -0.2) is 32.1 Å². The molecule has 126 valence electrons. The number of benzene rings is 1. The van der Waals surface area contributed by atoms with Crippen molar-refractivity contribution in [3.63, 3.8) is 0 Å². The monoisotopic (exact) mass is 324 g/mol. The largest absolute Gasteiger partial charge is 0.332 e. The average molecular weight is 324 g/mol. The zero-order chi connectivity index (χ0) is 16.4. The second-order valence-corrected chi connectivity index (χ2v) is 6.84. The van der Waals surface area contributed by atoms with Crippen LogP contribution in [-0.2, 0) is 24.2 Å². The maximum atomic E-state index is 12.8. The molecule has 3 heterocycles. The lowest BCUT2D eigenvalue weighted by Crippen LogP contribution is -2.33. The van der Waals surface area contributed by atoms with Crippen LogP contribution in [0.3, 0.4) is 0 Å². The summed E-state index contributed by atoms with van der Waals surface area (Å²) in [5.41, 5.74) is 1.08. The van der Waals surface area contributed by atoms with Crippen LogP contribution < -0.4 is 0 Å². The molecule has 0 saturated carbocycles. The summed E-state index contributed by atoms with van der Waals surface area (Å²) in [7, 11) is 0. The third-order valence-electron chi connectivity index (χ3n) is 5.21. The predicted molar refractivity (Wildman–Crippen MR) is 91.4 cm³/mol. The Morgan fingerprint density at radius 2 is 1.92 bits per heavy atom. The zero-order valence-electron chi connectivity index (χ0n) is 14.0. The fourth-order valence-corrected chi connectivity index (χ4v) is 3.96. The van der Waals surface area contributed by atoms with Crippen LogP contribution in [0.1, 0.15) is 55.4 Å². The quantitative estimate of drug-likeness (QED) is 0.872. The van der Waals surface area contributed by atoms with Crippen LogP contribution in [0.2, 0.25) is 0 Å². The highest BCUT2D eigenvalue weighted by atomic mass is 16.2. The second kappa shape index (κ2) is 6.75. The molecule has 24 heavy (non-hydrogen) atoms. The average Bonchev–Trinajstić information content (AvgIpc) is 3.17. The Morgan fingerprint density at radius 3 is 2.79 bits per heavy atom. The molecule has 0 radical (unpaired) electrons. The summed E-state index contributed by atoms with van der Waals surface area (Å²) < 4.78 is 2.28. The minimum Gasteiger partial charge on any atom is -0.332 e. The van der Waals surface area contributed by atoms with Crippen LogP contribution in [0.25, 0.3) is 0 Å². The molecule has 1 unspecified atom stereocenters. The Labute approximate surface area is 142 Å². The van der Waals surface area contributed by atoms with E-state index in [1.807, 2.05) is 35.2 Å². The number of hydrogen-bond donors (Lipinski definition) is 0. The van der Waals surface area contributed by atoms with E-state index in [1.165, 1.54) is 19.3 Å². The Kier molecular flexibility index (Phi) is 4.32. The van der Waals surface area contributed by atoms with E-state index in [2.05, 4.69) is 14.8 Å². The molecule has 2 aliphatic rings. The van der Waals surface area contributed by atoms with Gasteiger partial charge in [-0.05, 0) is 31.2 Å². The van der Waals surface area contributed by atoms with Crippen LogP contribution in [0.4, 0.5) is 0 Å². The van der Waals surface area contributed by atoms with Crippen LogP contribution in [0.15, 0.2) is 30.3 Å². The van der Waals surface area contributed by atoms with Gasteiger partial charge in [0.05, 0.1) is 12.5 Å². The molecule has 4 rings (SSSR count). The maximum absolute atomic E-state index is 12.8. The first-order valence-electron chi connectivity index (χ1n) is 9.08. The second-order valence-electron chi connectivity index (χ2n) is 6.84. The van der Waals surface area contributed by atoms with Gasteiger partial charge in [-0.15, -0.1) is 10.2 Å². The molecule has 1 fully saturated rings. The van der Waals surface area contributed by atoms with Crippen molar-refractivity contribution in [1.82, 2.24) is 19.7 Å². The summed E-state index contributed by atoms with van der Waals surface area (Å²) in [6.07, 6.45) is 7.16. The van der Waals surface area contributed by atoms with Gasteiger partial charge in [-0.25, -0.2) is 0 Å². The van der Waals surface area contributed by atoms with Gasteiger partial charge in [0.2, 0.25) is 5.91 Å². The SMILES string of the molecule is O=C(Cc1ccccc1)N1CCCC1c1nnc2n1CCCCC2.